The SMILES string of the molecule is C1CCC2=NCCCN2CC1.O=C(Cl)OCc1ccccc1. The van der Waals surface area contributed by atoms with Crippen LogP contribution in [0.15, 0.2) is 35.3 Å². The number of amidine groups is 1. The van der Waals surface area contributed by atoms with Crippen molar-refractivity contribution >= 4 is 22.9 Å². The second-order valence-corrected chi connectivity index (χ2v) is 5.77. The van der Waals surface area contributed by atoms with Crippen molar-refractivity contribution in [3.63, 3.8) is 0 Å². The third kappa shape index (κ3) is 6.06. The van der Waals surface area contributed by atoms with Crippen molar-refractivity contribution in [3.8, 4) is 0 Å². The van der Waals surface area contributed by atoms with E-state index in [-0.39, 0.29) is 6.61 Å². The zero-order chi connectivity index (χ0) is 15.6. The van der Waals surface area contributed by atoms with Gasteiger partial charge in [0, 0.05) is 37.7 Å². The first-order valence-corrected chi connectivity index (χ1v) is 8.28. The van der Waals surface area contributed by atoms with Crippen LogP contribution in [0.5, 0.6) is 0 Å². The van der Waals surface area contributed by atoms with Gasteiger partial charge in [0.15, 0.2) is 0 Å². The Labute approximate surface area is 137 Å². The fraction of sp³-hybridized carbons (Fsp3) is 0.529. The quantitative estimate of drug-likeness (QED) is 0.765. The van der Waals surface area contributed by atoms with Crippen LogP contribution in [-0.2, 0) is 11.3 Å². The number of rotatable bonds is 2. The maximum absolute atomic E-state index is 10.2. The van der Waals surface area contributed by atoms with E-state index in [1.807, 2.05) is 30.3 Å². The molecule has 0 N–H and O–H groups in total. The molecule has 120 valence electrons. The molecule has 22 heavy (non-hydrogen) atoms. The molecule has 0 spiro atoms. The second-order valence-electron chi connectivity index (χ2n) is 5.46. The number of hydrogen-bond donors (Lipinski definition) is 0. The van der Waals surface area contributed by atoms with Crippen molar-refractivity contribution < 1.29 is 9.53 Å². The molecule has 1 fully saturated rings. The normalized spacial score (nSPS) is 17.3. The molecule has 1 aromatic rings. The summed E-state index contributed by atoms with van der Waals surface area (Å²) in [7, 11) is 0. The highest BCUT2D eigenvalue weighted by Gasteiger charge is 2.16. The third-order valence-electron chi connectivity index (χ3n) is 3.77. The molecule has 2 heterocycles. The predicted octanol–water partition coefficient (Wildman–Crippen LogP) is 4.23. The molecule has 0 radical (unpaired) electrons. The van der Waals surface area contributed by atoms with Gasteiger partial charge in [-0.3, -0.25) is 4.99 Å². The molecule has 0 unspecified atom stereocenters. The number of aliphatic imine (C=N–C) groups is 1. The summed E-state index contributed by atoms with van der Waals surface area (Å²) in [6.07, 6.45) is 6.63. The first-order chi connectivity index (χ1) is 10.8. The van der Waals surface area contributed by atoms with Crippen molar-refractivity contribution in [2.45, 2.75) is 38.7 Å². The van der Waals surface area contributed by atoms with Gasteiger partial charge < -0.3 is 9.64 Å². The maximum atomic E-state index is 10.2. The molecule has 1 aromatic carbocycles. The fourth-order valence-corrected chi connectivity index (χ4v) is 2.71. The van der Waals surface area contributed by atoms with Crippen LogP contribution < -0.4 is 0 Å². The average molecular weight is 323 g/mol. The number of ether oxygens (including phenoxy) is 1. The van der Waals surface area contributed by atoms with Gasteiger partial charge in [0.1, 0.15) is 6.61 Å². The molecule has 1 saturated heterocycles. The molecular weight excluding hydrogens is 300 g/mol. The minimum Gasteiger partial charge on any atom is -0.449 e. The van der Waals surface area contributed by atoms with Gasteiger partial charge in [-0.15, -0.1) is 0 Å². The number of carbonyl (C=O) groups is 1. The molecule has 2 aliphatic heterocycles. The molecule has 3 rings (SSSR count). The summed E-state index contributed by atoms with van der Waals surface area (Å²) in [6, 6.07) is 9.36. The van der Waals surface area contributed by atoms with Gasteiger partial charge in [0.25, 0.3) is 0 Å². The van der Waals surface area contributed by atoms with E-state index in [4.69, 9.17) is 11.6 Å². The van der Waals surface area contributed by atoms with Crippen LogP contribution in [0.3, 0.4) is 0 Å². The summed E-state index contributed by atoms with van der Waals surface area (Å²) in [5.41, 5.74) is 0.162. The van der Waals surface area contributed by atoms with Crippen LogP contribution in [0.4, 0.5) is 4.79 Å². The third-order valence-corrected chi connectivity index (χ3v) is 3.88. The molecule has 5 heteroatoms. The number of carbonyl (C=O) groups excluding carboxylic acids is 1. The molecule has 0 aliphatic carbocycles. The van der Waals surface area contributed by atoms with Gasteiger partial charge in [0.2, 0.25) is 0 Å². The van der Waals surface area contributed by atoms with Crippen molar-refractivity contribution in [2.75, 3.05) is 19.6 Å². The van der Waals surface area contributed by atoms with Crippen LogP contribution in [-0.4, -0.2) is 35.8 Å². The lowest BCUT2D eigenvalue weighted by atomic mass is 10.2. The average Bonchev–Trinajstić information content (AvgIpc) is 2.80. The highest BCUT2D eigenvalue weighted by Crippen LogP contribution is 2.15. The smallest absolute Gasteiger partial charge is 0.404 e. The summed E-state index contributed by atoms with van der Waals surface area (Å²) in [5, 5.41) is 0. The molecule has 4 nitrogen and oxygen atoms in total. The van der Waals surface area contributed by atoms with Crippen LogP contribution in [0.1, 0.15) is 37.7 Å². The van der Waals surface area contributed by atoms with Crippen LogP contribution in [0, 0.1) is 0 Å². The number of benzene rings is 1. The van der Waals surface area contributed by atoms with Crippen LogP contribution in [0.2, 0.25) is 0 Å². The number of hydrogen-bond acceptors (Lipinski definition) is 4. The second kappa shape index (κ2) is 9.46. The molecule has 2 aliphatic rings. The van der Waals surface area contributed by atoms with E-state index < -0.39 is 5.43 Å². The Morgan fingerprint density at radius 2 is 1.91 bits per heavy atom. The highest BCUT2D eigenvalue weighted by molar-refractivity contribution is 6.61. The van der Waals surface area contributed by atoms with Crippen LogP contribution >= 0.6 is 11.6 Å². The topological polar surface area (TPSA) is 41.9 Å². The van der Waals surface area contributed by atoms with E-state index in [1.165, 1.54) is 51.0 Å². The van der Waals surface area contributed by atoms with E-state index in [9.17, 15) is 4.79 Å². The van der Waals surface area contributed by atoms with Gasteiger partial charge >= 0.3 is 5.43 Å². The first-order valence-electron chi connectivity index (χ1n) is 7.90. The number of halogens is 1. The Balaban J connectivity index is 0.000000160. The van der Waals surface area contributed by atoms with Gasteiger partial charge in [-0.25, -0.2) is 4.79 Å². The largest absolute Gasteiger partial charge is 0.449 e. The lowest BCUT2D eigenvalue weighted by Gasteiger charge is -2.27. The van der Waals surface area contributed by atoms with Crippen molar-refractivity contribution in [2.24, 2.45) is 4.99 Å². The summed E-state index contributed by atoms with van der Waals surface area (Å²) < 4.78 is 4.55. The van der Waals surface area contributed by atoms with Crippen molar-refractivity contribution in [3.05, 3.63) is 35.9 Å². The minimum atomic E-state index is -0.770. The van der Waals surface area contributed by atoms with E-state index >= 15 is 0 Å². The molecule has 0 saturated carbocycles. The van der Waals surface area contributed by atoms with E-state index in [0.29, 0.717) is 0 Å². The Bertz CT molecular complexity index is 491. The maximum Gasteiger partial charge on any atom is 0.404 e. The molecule has 0 bridgehead atoms. The standard InChI is InChI=1S/C9H16N2.C8H7ClO2/c1-2-5-9-10-6-4-8-11(9)7-3-1;9-8(10)11-6-7-4-2-1-3-5-7/h1-8H2;1-5H,6H2. The number of nitrogens with zero attached hydrogens (tertiary/aromatic N) is 2. The minimum absolute atomic E-state index is 0.239. The van der Waals surface area contributed by atoms with E-state index in [2.05, 4.69) is 14.6 Å². The summed E-state index contributed by atoms with van der Waals surface area (Å²) in [6.45, 7) is 3.84. The van der Waals surface area contributed by atoms with Crippen LogP contribution in [0.25, 0.3) is 0 Å². The summed E-state index contributed by atoms with van der Waals surface area (Å²) in [4.78, 5) is 17.2. The first kappa shape index (κ1) is 16.8. The summed E-state index contributed by atoms with van der Waals surface area (Å²) in [5.74, 6) is 1.40. The highest BCUT2D eigenvalue weighted by atomic mass is 35.5. The Morgan fingerprint density at radius 1 is 1.14 bits per heavy atom. The summed E-state index contributed by atoms with van der Waals surface area (Å²) >= 11 is 4.97. The van der Waals surface area contributed by atoms with Gasteiger partial charge in [-0.2, -0.15) is 0 Å². The Morgan fingerprint density at radius 3 is 2.68 bits per heavy atom. The lowest BCUT2D eigenvalue weighted by Crippen LogP contribution is -2.34. The van der Waals surface area contributed by atoms with E-state index in [0.717, 1.165) is 12.1 Å². The van der Waals surface area contributed by atoms with Crippen molar-refractivity contribution in [1.82, 2.24) is 4.90 Å². The lowest BCUT2D eigenvalue weighted by molar-refractivity contribution is 0.167. The Kier molecular flexibility index (Phi) is 7.23. The zero-order valence-electron chi connectivity index (χ0n) is 12.8. The predicted molar refractivity (Wildman–Crippen MR) is 89.4 cm³/mol. The fourth-order valence-electron chi connectivity index (χ4n) is 2.65. The molecule has 0 atom stereocenters. The van der Waals surface area contributed by atoms with Crippen molar-refractivity contribution in [1.29, 1.82) is 0 Å². The number of fused-ring (bicyclic) bond motifs is 1. The molecule has 0 amide bonds. The molecular formula is C17H23ClN2O2. The monoisotopic (exact) mass is 322 g/mol. The zero-order valence-corrected chi connectivity index (χ0v) is 13.6. The van der Waals surface area contributed by atoms with E-state index in [1.54, 1.807) is 0 Å². The van der Waals surface area contributed by atoms with Gasteiger partial charge in [0.05, 0.1) is 5.84 Å². The van der Waals surface area contributed by atoms with Gasteiger partial charge in [-0.05, 0) is 24.8 Å². The Hall–Kier alpha value is -1.55. The molecule has 0 aromatic heterocycles. The van der Waals surface area contributed by atoms with Gasteiger partial charge in [-0.1, -0.05) is 36.8 Å².